The third kappa shape index (κ3) is 2.29. The van der Waals surface area contributed by atoms with Crippen molar-refractivity contribution >= 4 is 0 Å². The first kappa shape index (κ1) is 9.73. The smallest absolute Gasteiger partial charge is 0.319 e. The Morgan fingerprint density at radius 2 is 2.00 bits per heavy atom. The Kier molecular flexibility index (Phi) is 3.02. The van der Waals surface area contributed by atoms with Crippen LogP contribution in [0, 0.1) is 0 Å². The fourth-order valence-electron chi connectivity index (χ4n) is 0.850. The second-order valence-electron chi connectivity index (χ2n) is 2.61. The average molecular weight is 183 g/mol. The molecule has 1 heterocycles. The van der Waals surface area contributed by atoms with Crippen molar-refractivity contribution in [1.82, 2.24) is 9.97 Å². The summed E-state index contributed by atoms with van der Waals surface area (Å²) in [6.45, 7) is 1.83. The fourth-order valence-corrected chi connectivity index (χ4v) is 0.850. The highest BCUT2D eigenvalue weighted by Crippen LogP contribution is 2.16. The second-order valence-corrected chi connectivity index (χ2v) is 2.61. The summed E-state index contributed by atoms with van der Waals surface area (Å²) in [6.07, 6.45) is 0. The van der Waals surface area contributed by atoms with Gasteiger partial charge in [-0.15, -0.1) is 0 Å². The topological polar surface area (TPSA) is 70.3 Å². The molecule has 5 heteroatoms. The van der Waals surface area contributed by atoms with E-state index in [0.29, 0.717) is 11.6 Å². The van der Waals surface area contributed by atoms with Crippen LogP contribution in [0.25, 0.3) is 0 Å². The lowest BCUT2D eigenvalue weighted by Crippen LogP contribution is -2.09. The fraction of sp³-hybridized carbons (Fsp3) is 0.500. The summed E-state index contributed by atoms with van der Waals surface area (Å²) in [6, 6.07) is 1.80. The second kappa shape index (κ2) is 4.04. The molecule has 0 saturated carbocycles. The van der Waals surface area contributed by atoms with Crippen LogP contribution < -0.4 is 15.2 Å². The number of rotatable bonds is 3. The van der Waals surface area contributed by atoms with Gasteiger partial charge in [0.15, 0.2) is 0 Å². The SMILES string of the molecule is COc1cc([C@H](C)N)nc(OC)n1. The van der Waals surface area contributed by atoms with E-state index >= 15 is 0 Å². The van der Waals surface area contributed by atoms with E-state index in [2.05, 4.69) is 9.97 Å². The molecule has 0 aliphatic rings. The minimum atomic E-state index is -0.161. The van der Waals surface area contributed by atoms with E-state index in [1.807, 2.05) is 6.92 Å². The van der Waals surface area contributed by atoms with Gasteiger partial charge in [0, 0.05) is 12.1 Å². The van der Waals surface area contributed by atoms with E-state index in [1.54, 1.807) is 6.07 Å². The normalized spacial score (nSPS) is 12.3. The predicted molar refractivity (Wildman–Crippen MR) is 47.7 cm³/mol. The van der Waals surface area contributed by atoms with Crippen molar-refractivity contribution in [2.45, 2.75) is 13.0 Å². The van der Waals surface area contributed by atoms with E-state index in [-0.39, 0.29) is 12.1 Å². The quantitative estimate of drug-likeness (QED) is 0.739. The van der Waals surface area contributed by atoms with Crippen molar-refractivity contribution < 1.29 is 9.47 Å². The van der Waals surface area contributed by atoms with Gasteiger partial charge in [-0.1, -0.05) is 0 Å². The van der Waals surface area contributed by atoms with Gasteiger partial charge < -0.3 is 15.2 Å². The van der Waals surface area contributed by atoms with Crippen molar-refractivity contribution in [1.29, 1.82) is 0 Å². The molecule has 0 amide bonds. The summed E-state index contributed by atoms with van der Waals surface area (Å²) in [5.74, 6) is 0.458. The zero-order valence-corrected chi connectivity index (χ0v) is 7.94. The highest BCUT2D eigenvalue weighted by Gasteiger charge is 2.07. The van der Waals surface area contributed by atoms with Gasteiger partial charge in [-0.2, -0.15) is 9.97 Å². The van der Waals surface area contributed by atoms with Crippen molar-refractivity contribution in [3.63, 3.8) is 0 Å². The maximum Gasteiger partial charge on any atom is 0.319 e. The Bertz CT molecular complexity index is 266. The molecule has 0 saturated heterocycles. The van der Waals surface area contributed by atoms with E-state index < -0.39 is 0 Å². The zero-order chi connectivity index (χ0) is 9.84. The molecular formula is C8H13N3O2. The lowest BCUT2D eigenvalue weighted by molar-refractivity contribution is 0.349. The molecule has 0 spiro atoms. The molecule has 0 aliphatic heterocycles. The van der Waals surface area contributed by atoms with Crippen LogP contribution in [0.15, 0.2) is 6.07 Å². The van der Waals surface area contributed by atoms with Gasteiger partial charge in [0.1, 0.15) is 0 Å². The number of hydrogen-bond donors (Lipinski definition) is 1. The van der Waals surface area contributed by atoms with Crippen LogP contribution >= 0.6 is 0 Å². The molecule has 13 heavy (non-hydrogen) atoms. The van der Waals surface area contributed by atoms with E-state index in [9.17, 15) is 0 Å². The van der Waals surface area contributed by atoms with Gasteiger partial charge in [0.25, 0.3) is 0 Å². The Morgan fingerprint density at radius 1 is 1.31 bits per heavy atom. The molecule has 0 aromatic carbocycles. The Balaban J connectivity index is 3.07. The van der Waals surface area contributed by atoms with Gasteiger partial charge >= 0.3 is 6.01 Å². The van der Waals surface area contributed by atoms with Gasteiger partial charge in [-0.3, -0.25) is 0 Å². The summed E-state index contributed by atoms with van der Waals surface area (Å²) < 4.78 is 9.85. The average Bonchev–Trinajstić information content (AvgIpc) is 2.16. The molecule has 1 atom stereocenters. The first-order chi connectivity index (χ1) is 6.17. The summed E-state index contributed by atoms with van der Waals surface area (Å²) in [4.78, 5) is 8.00. The number of nitrogens with zero attached hydrogens (tertiary/aromatic N) is 2. The van der Waals surface area contributed by atoms with Crippen LogP contribution in [-0.2, 0) is 0 Å². The zero-order valence-electron chi connectivity index (χ0n) is 7.94. The van der Waals surface area contributed by atoms with Crippen LogP contribution in [0.4, 0.5) is 0 Å². The van der Waals surface area contributed by atoms with Crippen molar-refractivity contribution in [2.75, 3.05) is 14.2 Å². The van der Waals surface area contributed by atoms with E-state index in [4.69, 9.17) is 15.2 Å². The number of nitrogens with two attached hydrogens (primary N) is 1. The van der Waals surface area contributed by atoms with Gasteiger partial charge in [0.05, 0.1) is 19.9 Å². The molecule has 2 N–H and O–H groups in total. The van der Waals surface area contributed by atoms with Crippen molar-refractivity contribution in [2.24, 2.45) is 5.73 Å². The highest BCUT2D eigenvalue weighted by atomic mass is 16.5. The van der Waals surface area contributed by atoms with Gasteiger partial charge in [0.2, 0.25) is 5.88 Å². The lowest BCUT2D eigenvalue weighted by Gasteiger charge is -2.07. The van der Waals surface area contributed by atoms with E-state index in [1.165, 1.54) is 14.2 Å². The maximum atomic E-state index is 5.66. The molecule has 0 aliphatic carbocycles. The molecule has 0 bridgehead atoms. The standard InChI is InChI=1S/C8H13N3O2/c1-5(9)6-4-7(12-2)11-8(10-6)13-3/h4-5H,9H2,1-3H3/t5-/m0/s1. The van der Waals surface area contributed by atoms with Gasteiger partial charge in [-0.05, 0) is 6.92 Å². The number of aromatic nitrogens is 2. The molecular weight excluding hydrogens is 170 g/mol. The molecule has 1 aromatic rings. The summed E-state index contributed by atoms with van der Waals surface area (Å²) >= 11 is 0. The molecule has 0 unspecified atom stereocenters. The summed E-state index contributed by atoms with van der Waals surface area (Å²) in [5, 5.41) is 0. The van der Waals surface area contributed by atoms with Gasteiger partial charge in [-0.25, -0.2) is 0 Å². The first-order valence-corrected chi connectivity index (χ1v) is 3.90. The van der Waals surface area contributed by atoms with E-state index in [0.717, 1.165) is 0 Å². The first-order valence-electron chi connectivity index (χ1n) is 3.90. The summed E-state index contributed by atoms with van der Waals surface area (Å²) in [7, 11) is 3.03. The molecule has 0 fully saturated rings. The third-order valence-corrected chi connectivity index (χ3v) is 1.56. The monoisotopic (exact) mass is 183 g/mol. The van der Waals surface area contributed by atoms with Crippen molar-refractivity contribution in [3.05, 3.63) is 11.8 Å². The molecule has 5 nitrogen and oxygen atoms in total. The minimum absolute atomic E-state index is 0.161. The van der Waals surface area contributed by atoms with Crippen molar-refractivity contribution in [3.8, 4) is 11.9 Å². The van der Waals surface area contributed by atoms with Crippen LogP contribution in [0.3, 0.4) is 0 Å². The molecule has 1 rings (SSSR count). The van der Waals surface area contributed by atoms with Crippen LogP contribution in [0.5, 0.6) is 11.9 Å². The number of methoxy groups -OCH3 is 2. The molecule has 1 aromatic heterocycles. The third-order valence-electron chi connectivity index (χ3n) is 1.56. The molecule has 0 radical (unpaired) electrons. The molecule has 72 valence electrons. The maximum absolute atomic E-state index is 5.66. The Morgan fingerprint density at radius 3 is 2.46 bits per heavy atom. The van der Waals surface area contributed by atoms with Crippen LogP contribution in [0.1, 0.15) is 18.7 Å². The minimum Gasteiger partial charge on any atom is -0.481 e. The summed E-state index contributed by atoms with van der Waals surface area (Å²) in [5.41, 5.74) is 6.36. The number of ether oxygens (including phenoxy) is 2. The van der Waals surface area contributed by atoms with Crippen LogP contribution in [-0.4, -0.2) is 24.2 Å². The highest BCUT2D eigenvalue weighted by molar-refractivity contribution is 5.20. The predicted octanol–water partition coefficient (Wildman–Crippen LogP) is 0.513. The lowest BCUT2D eigenvalue weighted by atomic mass is 10.2. The Hall–Kier alpha value is -1.36. The Labute approximate surface area is 76.9 Å². The largest absolute Gasteiger partial charge is 0.481 e. The van der Waals surface area contributed by atoms with Crippen LogP contribution in [0.2, 0.25) is 0 Å². The number of hydrogen-bond acceptors (Lipinski definition) is 5.